The van der Waals surface area contributed by atoms with Gasteiger partial charge in [-0.1, -0.05) is 12.1 Å². The van der Waals surface area contributed by atoms with Gasteiger partial charge < -0.3 is 9.47 Å². The number of carbonyl (C=O) groups excluding carboxylic acids is 1. The van der Waals surface area contributed by atoms with Crippen molar-refractivity contribution < 1.29 is 14.3 Å². The average Bonchev–Trinajstić information content (AvgIpc) is 3.14. The van der Waals surface area contributed by atoms with Crippen LogP contribution in [0.2, 0.25) is 0 Å². The highest BCUT2D eigenvalue weighted by Gasteiger charge is 2.34. The molecule has 1 aromatic heterocycles. The van der Waals surface area contributed by atoms with Crippen molar-refractivity contribution >= 4 is 5.97 Å². The van der Waals surface area contributed by atoms with E-state index in [1.165, 1.54) is 5.56 Å². The minimum Gasteiger partial charge on any atom is -0.497 e. The van der Waals surface area contributed by atoms with Crippen molar-refractivity contribution in [2.75, 3.05) is 27.3 Å². The summed E-state index contributed by atoms with van der Waals surface area (Å²) >= 11 is 0. The molecule has 25 heavy (non-hydrogen) atoms. The molecule has 0 amide bonds. The van der Waals surface area contributed by atoms with Gasteiger partial charge in [0.15, 0.2) is 0 Å². The van der Waals surface area contributed by atoms with E-state index in [-0.39, 0.29) is 17.9 Å². The highest BCUT2D eigenvalue weighted by Crippen LogP contribution is 2.36. The van der Waals surface area contributed by atoms with E-state index >= 15 is 0 Å². The van der Waals surface area contributed by atoms with Crippen molar-refractivity contribution in [3.8, 4) is 5.75 Å². The van der Waals surface area contributed by atoms with Crippen molar-refractivity contribution in [3.63, 3.8) is 0 Å². The molecule has 0 radical (unpaired) electrons. The van der Waals surface area contributed by atoms with E-state index in [4.69, 9.17) is 9.47 Å². The molecule has 134 valence electrons. The van der Waals surface area contributed by atoms with Crippen LogP contribution in [0.5, 0.6) is 5.75 Å². The lowest BCUT2D eigenvalue weighted by Crippen LogP contribution is -2.24. The van der Waals surface area contributed by atoms with Gasteiger partial charge in [-0.05, 0) is 44.6 Å². The van der Waals surface area contributed by atoms with Crippen molar-refractivity contribution in [3.05, 3.63) is 47.3 Å². The number of hydrogen-bond acceptors (Lipinski definition) is 5. The molecule has 1 aliphatic heterocycles. The fourth-order valence-electron chi connectivity index (χ4n) is 3.59. The van der Waals surface area contributed by atoms with Gasteiger partial charge in [-0.2, -0.15) is 5.10 Å². The van der Waals surface area contributed by atoms with Crippen LogP contribution >= 0.6 is 0 Å². The van der Waals surface area contributed by atoms with E-state index in [2.05, 4.69) is 29.2 Å². The Labute approximate surface area is 148 Å². The number of rotatable bonds is 5. The zero-order valence-corrected chi connectivity index (χ0v) is 15.2. The minimum atomic E-state index is -0.298. The van der Waals surface area contributed by atoms with Gasteiger partial charge in [0.2, 0.25) is 0 Å². The number of benzene rings is 1. The summed E-state index contributed by atoms with van der Waals surface area (Å²) in [5, 5.41) is 4.20. The van der Waals surface area contributed by atoms with E-state index in [0.717, 1.165) is 18.7 Å². The molecule has 6 nitrogen and oxygen atoms in total. The SMILES string of the molecule is COc1ccc([C@@H]2[C@@H](COC(=O)c3cn(C)nc3C)CCN2C)cc1. The Balaban J connectivity index is 1.68. The zero-order valence-electron chi connectivity index (χ0n) is 15.2. The molecular weight excluding hydrogens is 318 g/mol. The highest BCUT2D eigenvalue weighted by atomic mass is 16.5. The third-order valence-electron chi connectivity index (χ3n) is 4.89. The van der Waals surface area contributed by atoms with Gasteiger partial charge in [-0.15, -0.1) is 0 Å². The molecule has 0 bridgehead atoms. The maximum Gasteiger partial charge on any atom is 0.341 e. The predicted octanol–water partition coefficient (Wildman–Crippen LogP) is 2.59. The number of carbonyl (C=O) groups is 1. The standard InChI is InChI=1S/C19H25N3O3/c1-13-17(11-22(3)20-13)19(23)25-12-15-9-10-21(2)18(15)14-5-7-16(24-4)8-6-14/h5-8,11,15,18H,9-10,12H2,1-4H3/t15-,18-/m1/s1. The van der Waals surface area contributed by atoms with Crippen molar-refractivity contribution in [2.45, 2.75) is 19.4 Å². The number of aryl methyl sites for hydroxylation is 2. The van der Waals surface area contributed by atoms with Crippen LogP contribution in [0.1, 0.15) is 34.1 Å². The van der Waals surface area contributed by atoms with Crippen molar-refractivity contribution in [1.82, 2.24) is 14.7 Å². The lowest BCUT2D eigenvalue weighted by Gasteiger charge is -2.25. The molecule has 0 N–H and O–H groups in total. The molecule has 0 unspecified atom stereocenters. The first-order valence-corrected chi connectivity index (χ1v) is 8.51. The minimum absolute atomic E-state index is 0.244. The van der Waals surface area contributed by atoms with E-state index in [1.54, 1.807) is 25.0 Å². The van der Waals surface area contributed by atoms with Gasteiger partial charge in [0.05, 0.1) is 19.4 Å². The Morgan fingerprint density at radius 3 is 2.60 bits per heavy atom. The predicted molar refractivity (Wildman–Crippen MR) is 94.7 cm³/mol. The van der Waals surface area contributed by atoms with Crippen molar-refractivity contribution in [1.29, 1.82) is 0 Å². The summed E-state index contributed by atoms with van der Waals surface area (Å²) in [6.07, 6.45) is 2.71. The molecule has 1 aromatic carbocycles. The Bertz CT molecular complexity index is 739. The third-order valence-corrected chi connectivity index (χ3v) is 4.89. The second-order valence-electron chi connectivity index (χ2n) is 6.65. The second kappa shape index (κ2) is 7.27. The molecule has 6 heteroatoms. The maximum absolute atomic E-state index is 12.3. The topological polar surface area (TPSA) is 56.6 Å². The van der Waals surface area contributed by atoms with E-state index in [1.807, 2.05) is 19.1 Å². The summed E-state index contributed by atoms with van der Waals surface area (Å²) < 4.78 is 12.5. The highest BCUT2D eigenvalue weighted by molar-refractivity contribution is 5.90. The van der Waals surface area contributed by atoms with Gasteiger partial charge in [0.1, 0.15) is 11.3 Å². The molecule has 0 saturated carbocycles. The number of methoxy groups -OCH3 is 1. The first-order valence-electron chi connectivity index (χ1n) is 8.51. The Morgan fingerprint density at radius 2 is 2.00 bits per heavy atom. The Hall–Kier alpha value is -2.34. The molecule has 2 heterocycles. The average molecular weight is 343 g/mol. The van der Waals surface area contributed by atoms with Crippen LogP contribution < -0.4 is 4.74 Å². The Kier molecular flexibility index (Phi) is 5.08. The quantitative estimate of drug-likeness (QED) is 0.781. The third kappa shape index (κ3) is 3.69. The number of hydrogen-bond donors (Lipinski definition) is 0. The van der Waals surface area contributed by atoms with Crippen LogP contribution in [-0.4, -0.2) is 48.0 Å². The summed E-state index contributed by atoms with van der Waals surface area (Å²) in [6.45, 7) is 3.22. The summed E-state index contributed by atoms with van der Waals surface area (Å²) in [6, 6.07) is 8.37. The van der Waals surface area contributed by atoms with Gasteiger partial charge in [-0.25, -0.2) is 4.79 Å². The van der Waals surface area contributed by atoms with Crippen LogP contribution in [0.4, 0.5) is 0 Å². The summed E-state index contributed by atoms with van der Waals surface area (Å²) in [5.74, 6) is 0.826. The summed E-state index contributed by atoms with van der Waals surface area (Å²) in [5.41, 5.74) is 2.46. The van der Waals surface area contributed by atoms with Crippen LogP contribution in [0.15, 0.2) is 30.5 Å². The van der Waals surface area contributed by atoms with Crippen LogP contribution in [-0.2, 0) is 11.8 Å². The van der Waals surface area contributed by atoms with E-state index < -0.39 is 0 Å². The Morgan fingerprint density at radius 1 is 1.28 bits per heavy atom. The van der Waals surface area contributed by atoms with Gasteiger partial charge in [0, 0.05) is 25.2 Å². The lowest BCUT2D eigenvalue weighted by atomic mass is 9.94. The summed E-state index contributed by atoms with van der Waals surface area (Å²) in [4.78, 5) is 14.7. The fourth-order valence-corrected chi connectivity index (χ4v) is 3.59. The smallest absolute Gasteiger partial charge is 0.341 e. The first-order chi connectivity index (χ1) is 12.0. The molecule has 2 atom stereocenters. The van der Waals surface area contributed by atoms with E-state index in [0.29, 0.717) is 17.9 Å². The molecule has 1 aliphatic rings. The maximum atomic E-state index is 12.3. The number of likely N-dealkylation sites (tertiary alicyclic amines) is 1. The van der Waals surface area contributed by atoms with Crippen LogP contribution in [0.3, 0.4) is 0 Å². The fraction of sp³-hybridized carbons (Fsp3) is 0.474. The first kappa shape index (κ1) is 17.5. The molecule has 1 fully saturated rings. The van der Waals surface area contributed by atoms with Crippen LogP contribution in [0, 0.1) is 12.8 Å². The second-order valence-corrected chi connectivity index (χ2v) is 6.65. The normalized spacial score (nSPS) is 20.6. The number of ether oxygens (including phenoxy) is 2. The lowest BCUT2D eigenvalue weighted by molar-refractivity contribution is 0.0411. The number of esters is 1. The van der Waals surface area contributed by atoms with Crippen LogP contribution in [0.25, 0.3) is 0 Å². The number of nitrogens with zero attached hydrogens (tertiary/aromatic N) is 3. The van der Waals surface area contributed by atoms with Gasteiger partial charge >= 0.3 is 5.97 Å². The van der Waals surface area contributed by atoms with E-state index in [9.17, 15) is 4.79 Å². The number of aromatic nitrogens is 2. The molecule has 1 saturated heterocycles. The molecule has 0 spiro atoms. The molecule has 0 aliphatic carbocycles. The van der Waals surface area contributed by atoms with Crippen molar-refractivity contribution in [2.24, 2.45) is 13.0 Å². The summed E-state index contributed by atoms with van der Waals surface area (Å²) in [7, 11) is 5.58. The van der Waals surface area contributed by atoms with Gasteiger partial charge in [0.25, 0.3) is 0 Å². The monoisotopic (exact) mass is 343 g/mol. The zero-order chi connectivity index (χ0) is 18.0. The van der Waals surface area contributed by atoms with Gasteiger partial charge in [-0.3, -0.25) is 9.58 Å². The molecule has 3 rings (SSSR count). The molecular formula is C19H25N3O3. The molecule has 2 aromatic rings. The largest absolute Gasteiger partial charge is 0.497 e.